The van der Waals surface area contributed by atoms with Gasteiger partial charge in [0, 0.05) is 5.56 Å². The smallest absolute Gasteiger partial charge is 0.276 e. The minimum Gasteiger partial charge on any atom is -0.483 e. The first-order chi connectivity index (χ1) is 13.5. The first-order valence-corrected chi connectivity index (χ1v) is 8.76. The summed E-state index contributed by atoms with van der Waals surface area (Å²) >= 11 is 0. The largest absolute Gasteiger partial charge is 0.483 e. The maximum atomic E-state index is 12.5. The molecule has 3 rings (SSSR count). The van der Waals surface area contributed by atoms with E-state index in [1.165, 1.54) is 0 Å². The fourth-order valence-corrected chi connectivity index (χ4v) is 2.66. The molecule has 0 aliphatic rings. The molecule has 0 aliphatic heterocycles. The van der Waals surface area contributed by atoms with Crippen LogP contribution in [-0.4, -0.2) is 23.6 Å². The summed E-state index contributed by atoms with van der Waals surface area (Å²) in [6, 6.07) is 14.9. The van der Waals surface area contributed by atoms with Crippen LogP contribution in [0.3, 0.4) is 0 Å². The normalized spacial score (nSPS) is 10.4. The van der Waals surface area contributed by atoms with Crippen molar-refractivity contribution < 1.29 is 18.8 Å². The van der Waals surface area contributed by atoms with Gasteiger partial charge in [-0.05, 0) is 38.0 Å². The monoisotopic (exact) mass is 379 g/mol. The van der Waals surface area contributed by atoms with E-state index in [0.29, 0.717) is 17.2 Å². The van der Waals surface area contributed by atoms with Crippen molar-refractivity contribution in [2.24, 2.45) is 0 Å². The molecule has 3 aromatic rings. The maximum absolute atomic E-state index is 12.5. The van der Waals surface area contributed by atoms with E-state index < -0.39 is 11.8 Å². The third-order valence-corrected chi connectivity index (χ3v) is 4.15. The Morgan fingerprint density at radius 3 is 2.54 bits per heavy atom. The van der Waals surface area contributed by atoms with Gasteiger partial charge < -0.3 is 9.26 Å². The van der Waals surface area contributed by atoms with Gasteiger partial charge in [0.1, 0.15) is 22.8 Å². The van der Waals surface area contributed by atoms with Crippen molar-refractivity contribution in [3.05, 3.63) is 71.0 Å². The average molecular weight is 379 g/mol. The SMILES string of the molecule is Cc1ccc(C)c(OCC(=O)NNC(=O)c2c(-c3ccccc3)noc2C)c1. The molecule has 1 heterocycles. The van der Waals surface area contributed by atoms with E-state index in [0.717, 1.165) is 16.7 Å². The highest BCUT2D eigenvalue weighted by Crippen LogP contribution is 2.24. The van der Waals surface area contributed by atoms with Crippen LogP contribution in [0.5, 0.6) is 5.75 Å². The molecule has 0 aliphatic carbocycles. The standard InChI is InChI=1S/C21H21N3O4/c1-13-9-10-14(2)17(11-13)27-12-18(25)22-23-21(26)19-15(3)28-24-20(19)16-7-5-4-6-8-16/h4-11H,12H2,1-3H3,(H,22,25)(H,23,26). The topological polar surface area (TPSA) is 93.5 Å². The van der Waals surface area contributed by atoms with E-state index in [1.807, 2.05) is 62.4 Å². The molecule has 0 radical (unpaired) electrons. The number of hydrazine groups is 1. The molecule has 0 bridgehead atoms. The number of nitrogens with one attached hydrogen (secondary N) is 2. The summed E-state index contributed by atoms with van der Waals surface area (Å²) in [6.45, 7) is 5.25. The van der Waals surface area contributed by atoms with Gasteiger partial charge in [-0.15, -0.1) is 0 Å². The number of carbonyl (C=O) groups excluding carboxylic acids is 2. The van der Waals surface area contributed by atoms with Gasteiger partial charge in [-0.3, -0.25) is 20.4 Å². The molecular formula is C21H21N3O4. The summed E-state index contributed by atoms with van der Waals surface area (Å²) in [4.78, 5) is 24.6. The summed E-state index contributed by atoms with van der Waals surface area (Å²) in [7, 11) is 0. The van der Waals surface area contributed by atoms with Gasteiger partial charge in [0.25, 0.3) is 11.8 Å². The third-order valence-electron chi connectivity index (χ3n) is 4.15. The Bertz CT molecular complexity index is 996. The van der Waals surface area contributed by atoms with E-state index >= 15 is 0 Å². The van der Waals surface area contributed by atoms with Crippen LogP contribution < -0.4 is 15.6 Å². The van der Waals surface area contributed by atoms with Gasteiger partial charge in [0.05, 0.1) is 0 Å². The molecule has 28 heavy (non-hydrogen) atoms. The van der Waals surface area contributed by atoms with Crippen molar-refractivity contribution in [1.29, 1.82) is 0 Å². The van der Waals surface area contributed by atoms with Crippen LogP contribution in [0.4, 0.5) is 0 Å². The van der Waals surface area contributed by atoms with Gasteiger partial charge in [-0.1, -0.05) is 47.6 Å². The summed E-state index contributed by atoms with van der Waals surface area (Å²) in [5.41, 5.74) is 8.11. The number of hydrogen-bond acceptors (Lipinski definition) is 5. The van der Waals surface area contributed by atoms with Crippen molar-refractivity contribution in [3.63, 3.8) is 0 Å². The van der Waals surface area contributed by atoms with E-state index in [4.69, 9.17) is 9.26 Å². The van der Waals surface area contributed by atoms with Crippen LogP contribution in [0.15, 0.2) is 53.1 Å². The van der Waals surface area contributed by atoms with Crippen molar-refractivity contribution >= 4 is 11.8 Å². The maximum Gasteiger partial charge on any atom is 0.276 e. The molecule has 7 nitrogen and oxygen atoms in total. The summed E-state index contributed by atoms with van der Waals surface area (Å²) < 4.78 is 10.7. The van der Waals surface area contributed by atoms with Gasteiger partial charge in [0.2, 0.25) is 0 Å². The summed E-state index contributed by atoms with van der Waals surface area (Å²) in [6.07, 6.45) is 0. The Morgan fingerprint density at radius 2 is 1.79 bits per heavy atom. The Labute approximate surface area is 162 Å². The quantitative estimate of drug-likeness (QED) is 0.665. The predicted molar refractivity (Wildman–Crippen MR) is 104 cm³/mol. The van der Waals surface area contributed by atoms with Gasteiger partial charge in [0.15, 0.2) is 6.61 Å². The van der Waals surface area contributed by atoms with Crippen LogP contribution in [0, 0.1) is 20.8 Å². The molecule has 7 heteroatoms. The molecule has 0 saturated heterocycles. The van der Waals surface area contributed by atoms with Crippen molar-refractivity contribution in [3.8, 4) is 17.0 Å². The van der Waals surface area contributed by atoms with Gasteiger partial charge in [-0.25, -0.2) is 0 Å². The number of nitrogens with zero attached hydrogens (tertiary/aromatic N) is 1. The Hall–Kier alpha value is -3.61. The second-order valence-corrected chi connectivity index (χ2v) is 6.39. The van der Waals surface area contributed by atoms with Crippen molar-refractivity contribution in [2.45, 2.75) is 20.8 Å². The number of benzene rings is 2. The van der Waals surface area contributed by atoms with Gasteiger partial charge >= 0.3 is 0 Å². The molecule has 0 saturated carbocycles. The second-order valence-electron chi connectivity index (χ2n) is 6.39. The lowest BCUT2D eigenvalue weighted by atomic mass is 10.1. The van der Waals surface area contributed by atoms with E-state index in [1.54, 1.807) is 6.92 Å². The Kier molecular flexibility index (Phi) is 5.74. The van der Waals surface area contributed by atoms with E-state index in [2.05, 4.69) is 16.0 Å². The molecule has 2 N–H and O–H groups in total. The zero-order valence-corrected chi connectivity index (χ0v) is 15.9. The molecular weight excluding hydrogens is 358 g/mol. The van der Waals surface area contributed by atoms with Crippen LogP contribution in [0.2, 0.25) is 0 Å². The Balaban J connectivity index is 1.61. The predicted octanol–water partition coefficient (Wildman–Crippen LogP) is 3.11. The Morgan fingerprint density at radius 1 is 1.04 bits per heavy atom. The number of rotatable bonds is 5. The molecule has 1 aromatic heterocycles. The third kappa shape index (κ3) is 4.37. The lowest BCUT2D eigenvalue weighted by Crippen LogP contribution is -2.44. The number of hydrogen-bond donors (Lipinski definition) is 2. The number of ether oxygens (including phenoxy) is 1. The highest BCUT2D eigenvalue weighted by molar-refractivity contribution is 6.01. The summed E-state index contributed by atoms with van der Waals surface area (Å²) in [5, 5.41) is 3.95. The minimum atomic E-state index is -0.516. The van der Waals surface area contributed by atoms with Crippen molar-refractivity contribution in [1.82, 2.24) is 16.0 Å². The zero-order chi connectivity index (χ0) is 20.1. The first-order valence-electron chi connectivity index (χ1n) is 8.76. The van der Waals surface area contributed by atoms with Crippen molar-refractivity contribution in [2.75, 3.05) is 6.61 Å². The van der Waals surface area contributed by atoms with Crippen LogP contribution >= 0.6 is 0 Å². The number of amides is 2. The molecule has 2 amide bonds. The number of carbonyl (C=O) groups is 2. The first kappa shape index (κ1) is 19.2. The van der Waals surface area contributed by atoms with E-state index in [9.17, 15) is 9.59 Å². The minimum absolute atomic E-state index is 0.223. The molecule has 0 atom stereocenters. The number of aryl methyl sites for hydroxylation is 3. The fraction of sp³-hybridized carbons (Fsp3) is 0.190. The van der Waals surface area contributed by atoms with Crippen LogP contribution in [-0.2, 0) is 4.79 Å². The molecule has 0 unspecified atom stereocenters. The molecule has 144 valence electrons. The zero-order valence-electron chi connectivity index (χ0n) is 15.9. The molecule has 0 spiro atoms. The van der Waals surface area contributed by atoms with E-state index in [-0.39, 0.29) is 12.2 Å². The lowest BCUT2D eigenvalue weighted by Gasteiger charge is -2.11. The van der Waals surface area contributed by atoms with Gasteiger partial charge in [-0.2, -0.15) is 0 Å². The van der Waals surface area contributed by atoms with Crippen LogP contribution in [0.1, 0.15) is 27.2 Å². The number of aromatic nitrogens is 1. The van der Waals surface area contributed by atoms with Crippen LogP contribution in [0.25, 0.3) is 11.3 Å². The molecule has 2 aromatic carbocycles. The highest BCUT2D eigenvalue weighted by Gasteiger charge is 2.22. The highest BCUT2D eigenvalue weighted by atomic mass is 16.5. The molecule has 0 fully saturated rings. The average Bonchev–Trinajstić information content (AvgIpc) is 3.09. The summed E-state index contributed by atoms with van der Waals surface area (Å²) in [5.74, 6) is -0.0118. The second kappa shape index (κ2) is 8.39. The fourth-order valence-electron chi connectivity index (χ4n) is 2.66. The lowest BCUT2D eigenvalue weighted by molar-refractivity contribution is -0.123.